The first-order valence-electron chi connectivity index (χ1n) is 5.66. The molecule has 0 aromatic heterocycles. The number of nitrogens with zero attached hydrogens (tertiary/aromatic N) is 1. The number of hydrogen-bond donors (Lipinski definition) is 5. The van der Waals surface area contributed by atoms with Crippen LogP contribution in [0.3, 0.4) is 0 Å². The van der Waals surface area contributed by atoms with E-state index in [0.29, 0.717) is 13.0 Å². The fourth-order valence-electron chi connectivity index (χ4n) is 2.88. The average molecular weight is 233 g/mol. The normalized spacial score (nSPS) is 50.1. The highest BCUT2D eigenvalue weighted by atomic mass is 16.4. The zero-order valence-electron chi connectivity index (χ0n) is 8.98. The zero-order valence-corrected chi connectivity index (χ0v) is 8.98. The molecule has 2 heterocycles. The van der Waals surface area contributed by atoms with E-state index in [2.05, 4.69) is 0 Å². The fraction of sp³-hybridized carbons (Fsp3) is 1.00. The molecule has 5 unspecified atom stereocenters. The molecular formula is C10H19NO5. The summed E-state index contributed by atoms with van der Waals surface area (Å²) in [4.78, 5) is 1.70. The van der Waals surface area contributed by atoms with Crippen LogP contribution >= 0.6 is 0 Å². The molecule has 2 fully saturated rings. The van der Waals surface area contributed by atoms with Gasteiger partial charge in [-0.15, -0.1) is 0 Å². The lowest BCUT2D eigenvalue weighted by atomic mass is 9.82. The third-order valence-electron chi connectivity index (χ3n) is 3.75. The summed E-state index contributed by atoms with van der Waals surface area (Å²) in [6, 6.07) is -1.21. The molecule has 0 aromatic rings. The lowest BCUT2D eigenvalue weighted by Crippen LogP contribution is -2.71. The molecule has 0 aliphatic carbocycles. The van der Waals surface area contributed by atoms with Crippen LogP contribution in [-0.2, 0) is 0 Å². The molecule has 0 radical (unpaired) electrons. The fourth-order valence-corrected chi connectivity index (χ4v) is 2.88. The molecule has 0 aromatic carbocycles. The van der Waals surface area contributed by atoms with Crippen LogP contribution in [0.25, 0.3) is 0 Å². The van der Waals surface area contributed by atoms with E-state index in [1.807, 2.05) is 0 Å². The SMILES string of the molecule is OCC1C(O)C(O)[C@@H](O)C2C(O)CCCN12. The van der Waals surface area contributed by atoms with E-state index < -0.39 is 36.5 Å². The number of rotatable bonds is 1. The van der Waals surface area contributed by atoms with Gasteiger partial charge in [0.25, 0.3) is 0 Å². The van der Waals surface area contributed by atoms with Crippen LogP contribution in [0.2, 0.25) is 0 Å². The van der Waals surface area contributed by atoms with Gasteiger partial charge in [0.1, 0.15) is 18.3 Å². The van der Waals surface area contributed by atoms with Gasteiger partial charge in [-0.05, 0) is 19.4 Å². The van der Waals surface area contributed by atoms with Gasteiger partial charge in [0.15, 0.2) is 0 Å². The van der Waals surface area contributed by atoms with Crippen LogP contribution in [0, 0.1) is 0 Å². The minimum atomic E-state index is -1.31. The first-order chi connectivity index (χ1) is 7.57. The van der Waals surface area contributed by atoms with Crippen molar-refractivity contribution in [1.82, 2.24) is 4.90 Å². The Morgan fingerprint density at radius 1 is 1.00 bits per heavy atom. The van der Waals surface area contributed by atoms with Crippen molar-refractivity contribution >= 4 is 0 Å². The number of aliphatic hydroxyl groups is 5. The van der Waals surface area contributed by atoms with Crippen molar-refractivity contribution in [2.75, 3.05) is 13.2 Å². The smallest absolute Gasteiger partial charge is 0.109 e. The highest BCUT2D eigenvalue weighted by molar-refractivity contribution is 5.04. The van der Waals surface area contributed by atoms with Gasteiger partial charge in [-0.1, -0.05) is 0 Å². The van der Waals surface area contributed by atoms with E-state index in [4.69, 9.17) is 0 Å². The monoisotopic (exact) mass is 233 g/mol. The Bertz CT molecular complexity index is 251. The predicted octanol–water partition coefficient (Wildman–Crippen LogP) is -2.73. The molecule has 2 aliphatic rings. The molecule has 0 spiro atoms. The Hall–Kier alpha value is -0.240. The Morgan fingerprint density at radius 3 is 2.31 bits per heavy atom. The zero-order chi connectivity index (χ0) is 11.9. The third kappa shape index (κ3) is 1.75. The maximum Gasteiger partial charge on any atom is 0.109 e. The number of fused-ring (bicyclic) bond motifs is 1. The largest absolute Gasteiger partial charge is 0.395 e. The van der Waals surface area contributed by atoms with Crippen molar-refractivity contribution in [3.05, 3.63) is 0 Å². The van der Waals surface area contributed by atoms with E-state index >= 15 is 0 Å². The van der Waals surface area contributed by atoms with Gasteiger partial charge in [0, 0.05) is 0 Å². The molecule has 5 N–H and O–H groups in total. The maximum atomic E-state index is 9.83. The summed E-state index contributed by atoms with van der Waals surface area (Å²) in [5, 5.41) is 48.3. The van der Waals surface area contributed by atoms with Gasteiger partial charge in [-0.25, -0.2) is 0 Å². The van der Waals surface area contributed by atoms with E-state index in [-0.39, 0.29) is 6.61 Å². The van der Waals surface area contributed by atoms with Crippen LogP contribution in [-0.4, -0.2) is 80.1 Å². The second kappa shape index (κ2) is 4.56. The van der Waals surface area contributed by atoms with E-state index in [0.717, 1.165) is 6.42 Å². The lowest BCUT2D eigenvalue weighted by molar-refractivity contribution is -0.199. The van der Waals surface area contributed by atoms with Crippen molar-refractivity contribution in [1.29, 1.82) is 0 Å². The molecule has 94 valence electrons. The number of hydrogen-bond acceptors (Lipinski definition) is 6. The predicted molar refractivity (Wildman–Crippen MR) is 54.6 cm³/mol. The molecular weight excluding hydrogens is 214 g/mol. The molecule has 0 saturated carbocycles. The van der Waals surface area contributed by atoms with Gasteiger partial charge < -0.3 is 25.5 Å². The van der Waals surface area contributed by atoms with Crippen molar-refractivity contribution in [3.8, 4) is 0 Å². The molecule has 16 heavy (non-hydrogen) atoms. The summed E-state index contributed by atoms with van der Waals surface area (Å²) in [6.07, 6.45) is -3.07. The van der Waals surface area contributed by atoms with Crippen LogP contribution in [0.1, 0.15) is 12.8 Å². The molecule has 6 atom stereocenters. The van der Waals surface area contributed by atoms with Crippen molar-refractivity contribution in [2.24, 2.45) is 0 Å². The van der Waals surface area contributed by atoms with Crippen molar-refractivity contribution < 1.29 is 25.5 Å². The van der Waals surface area contributed by atoms with Gasteiger partial charge in [-0.2, -0.15) is 0 Å². The Labute approximate surface area is 93.7 Å². The molecule has 6 heteroatoms. The van der Waals surface area contributed by atoms with Crippen LogP contribution in [0.4, 0.5) is 0 Å². The Kier molecular flexibility index (Phi) is 3.48. The highest BCUT2D eigenvalue weighted by Crippen LogP contribution is 2.31. The molecule has 0 amide bonds. The average Bonchev–Trinajstić information content (AvgIpc) is 2.27. The van der Waals surface area contributed by atoms with E-state index in [1.165, 1.54) is 0 Å². The summed E-state index contributed by atoms with van der Waals surface area (Å²) >= 11 is 0. The maximum absolute atomic E-state index is 9.83. The third-order valence-corrected chi connectivity index (χ3v) is 3.75. The topological polar surface area (TPSA) is 104 Å². The summed E-state index contributed by atoms with van der Waals surface area (Å²) in [5.41, 5.74) is 0. The highest BCUT2D eigenvalue weighted by Gasteiger charge is 2.50. The van der Waals surface area contributed by atoms with Gasteiger partial charge >= 0.3 is 0 Å². The minimum absolute atomic E-state index is 0.297. The standard InChI is InChI=1S/C10H19NO5/c12-4-5-8(14)10(16)9(15)7-6(13)2-1-3-11(5)7/h5-10,12-16H,1-4H2/t5?,6?,7?,8?,9-,10?/m0/s1. The van der Waals surface area contributed by atoms with E-state index in [9.17, 15) is 25.5 Å². The summed E-state index contributed by atoms with van der Waals surface area (Å²) < 4.78 is 0. The quantitative estimate of drug-likeness (QED) is 0.337. The number of aliphatic hydroxyl groups excluding tert-OH is 5. The van der Waals surface area contributed by atoms with Gasteiger partial charge in [-0.3, -0.25) is 4.90 Å². The van der Waals surface area contributed by atoms with Crippen molar-refractivity contribution in [2.45, 2.75) is 49.3 Å². The van der Waals surface area contributed by atoms with Crippen molar-refractivity contribution in [3.63, 3.8) is 0 Å². The molecule has 2 rings (SSSR count). The molecule has 6 nitrogen and oxygen atoms in total. The summed E-state index contributed by atoms with van der Waals surface area (Å²) in [6.45, 7) is 0.308. The molecule has 2 aliphatic heterocycles. The minimum Gasteiger partial charge on any atom is -0.395 e. The van der Waals surface area contributed by atoms with Crippen LogP contribution in [0.15, 0.2) is 0 Å². The van der Waals surface area contributed by atoms with Gasteiger partial charge in [0.05, 0.1) is 24.8 Å². The Morgan fingerprint density at radius 2 is 1.69 bits per heavy atom. The molecule has 2 saturated heterocycles. The number of piperidine rings is 2. The van der Waals surface area contributed by atoms with Crippen LogP contribution in [0.5, 0.6) is 0 Å². The van der Waals surface area contributed by atoms with E-state index in [1.54, 1.807) is 4.90 Å². The first kappa shape index (κ1) is 12.2. The lowest BCUT2D eigenvalue weighted by Gasteiger charge is -2.52. The molecule has 0 bridgehead atoms. The second-order valence-electron chi connectivity index (χ2n) is 4.66. The Balaban J connectivity index is 2.24. The second-order valence-corrected chi connectivity index (χ2v) is 4.66. The summed E-state index contributed by atoms with van der Waals surface area (Å²) in [5.74, 6) is 0. The van der Waals surface area contributed by atoms with Crippen LogP contribution < -0.4 is 0 Å². The summed E-state index contributed by atoms with van der Waals surface area (Å²) in [7, 11) is 0. The first-order valence-corrected chi connectivity index (χ1v) is 5.66. The van der Waals surface area contributed by atoms with Gasteiger partial charge in [0.2, 0.25) is 0 Å².